The topological polar surface area (TPSA) is 106 Å². The summed E-state index contributed by atoms with van der Waals surface area (Å²) in [7, 11) is 0. The molecule has 0 spiro atoms. The Morgan fingerprint density at radius 1 is 0.917 bits per heavy atom. The van der Waals surface area contributed by atoms with E-state index in [2.05, 4.69) is 25.4 Å². The van der Waals surface area contributed by atoms with Crippen LogP contribution in [0.15, 0.2) is 82.5 Å². The molecule has 1 N–H and O–H groups in total. The fourth-order valence-electron chi connectivity index (χ4n) is 4.54. The number of carbonyl (C=O) groups excluding carboxylic acids is 1. The molecule has 2 aromatic heterocycles. The van der Waals surface area contributed by atoms with E-state index in [1.807, 2.05) is 60.7 Å². The van der Waals surface area contributed by atoms with E-state index < -0.39 is 6.17 Å². The molecular formula is C27H24N6O3. The number of benzene rings is 2. The van der Waals surface area contributed by atoms with E-state index >= 15 is 0 Å². The molecule has 4 aromatic rings. The second kappa shape index (κ2) is 9.71. The summed E-state index contributed by atoms with van der Waals surface area (Å²) in [6.07, 6.45) is 2.83. The highest BCUT2D eigenvalue weighted by Gasteiger charge is 2.28. The van der Waals surface area contributed by atoms with Gasteiger partial charge in [0.25, 0.3) is 5.89 Å². The third-order valence-electron chi connectivity index (χ3n) is 6.31. The molecule has 0 unspecified atom stereocenters. The SMILES string of the molecule is O=C1Cc2ccccc2C(c2ccccc2)=N[C@@H]1Nc1nnc(-c2cnccc2N2CCOCC2)o1. The summed E-state index contributed by atoms with van der Waals surface area (Å²) in [5.41, 5.74) is 5.24. The zero-order chi connectivity index (χ0) is 24.3. The number of nitrogens with one attached hydrogen (secondary N) is 1. The van der Waals surface area contributed by atoms with Crippen molar-refractivity contribution in [2.24, 2.45) is 4.99 Å². The molecule has 180 valence electrons. The first-order valence-corrected chi connectivity index (χ1v) is 11.9. The first-order valence-electron chi connectivity index (χ1n) is 11.9. The molecule has 1 fully saturated rings. The van der Waals surface area contributed by atoms with Crippen LogP contribution in [-0.2, 0) is 16.0 Å². The highest BCUT2D eigenvalue weighted by atomic mass is 16.5. The Bertz CT molecular complexity index is 1410. The van der Waals surface area contributed by atoms with E-state index in [1.165, 1.54) is 0 Å². The van der Waals surface area contributed by atoms with Crippen LogP contribution in [0.2, 0.25) is 0 Å². The molecule has 4 heterocycles. The molecule has 1 atom stereocenters. The average Bonchev–Trinajstić information content (AvgIpc) is 3.35. The predicted octanol–water partition coefficient (Wildman–Crippen LogP) is 3.37. The van der Waals surface area contributed by atoms with Gasteiger partial charge in [0.1, 0.15) is 0 Å². The maximum atomic E-state index is 13.2. The third-order valence-corrected chi connectivity index (χ3v) is 6.31. The number of rotatable bonds is 5. The van der Waals surface area contributed by atoms with Crippen molar-refractivity contribution in [3.05, 3.63) is 89.7 Å². The van der Waals surface area contributed by atoms with Gasteiger partial charge in [-0.1, -0.05) is 59.7 Å². The van der Waals surface area contributed by atoms with Crippen LogP contribution in [0.3, 0.4) is 0 Å². The molecule has 1 saturated heterocycles. The monoisotopic (exact) mass is 480 g/mol. The average molecular weight is 481 g/mol. The minimum absolute atomic E-state index is 0.0801. The van der Waals surface area contributed by atoms with Crippen molar-refractivity contribution in [3.63, 3.8) is 0 Å². The fraction of sp³-hybridized carbons (Fsp3) is 0.222. The Morgan fingerprint density at radius 2 is 1.72 bits per heavy atom. The predicted molar refractivity (Wildman–Crippen MR) is 135 cm³/mol. The molecule has 0 radical (unpaired) electrons. The Hall–Kier alpha value is -4.37. The number of aromatic nitrogens is 3. The van der Waals surface area contributed by atoms with E-state index in [0.717, 1.165) is 46.7 Å². The van der Waals surface area contributed by atoms with Crippen molar-refractivity contribution in [1.82, 2.24) is 15.2 Å². The Morgan fingerprint density at radius 3 is 2.58 bits per heavy atom. The van der Waals surface area contributed by atoms with Crippen molar-refractivity contribution in [2.45, 2.75) is 12.6 Å². The van der Waals surface area contributed by atoms with Gasteiger partial charge in [0.15, 0.2) is 11.9 Å². The molecule has 0 aliphatic carbocycles. The lowest BCUT2D eigenvalue weighted by Crippen LogP contribution is -2.36. The Labute approximate surface area is 207 Å². The summed E-state index contributed by atoms with van der Waals surface area (Å²) in [5, 5.41) is 11.5. The lowest BCUT2D eigenvalue weighted by atomic mass is 9.96. The van der Waals surface area contributed by atoms with Gasteiger partial charge in [-0.15, -0.1) is 5.10 Å². The Kier molecular flexibility index (Phi) is 5.96. The molecule has 0 bridgehead atoms. The summed E-state index contributed by atoms with van der Waals surface area (Å²) >= 11 is 0. The summed E-state index contributed by atoms with van der Waals surface area (Å²) in [6, 6.07) is 19.8. The molecule has 9 heteroatoms. The molecule has 36 heavy (non-hydrogen) atoms. The zero-order valence-electron chi connectivity index (χ0n) is 19.5. The van der Waals surface area contributed by atoms with Crippen LogP contribution in [0, 0.1) is 0 Å². The van der Waals surface area contributed by atoms with Crippen molar-refractivity contribution in [2.75, 3.05) is 36.5 Å². The van der Waals surface area contributed by atoms with Crippen LogP contribution in [0.1, 0.15) is 16.7 Å². The molecule has 2 aromatic carbocycles. The number of morpholine rings is 1. The standard InChI is InChI=1S/C27H24N6O3/c34-23-16-19-8-4-5-9-20(19)24(18-6-2-1-3-7-18)29-25(23)30-27-32-31-26(36-27)21-17-28-11-10-22(21)33-12-14-35-15-13-33/h1-11,17,25H,12-16H2,(H,30,32)/t25-/m1/s1. The number of ketones is 1. The van der Waals surface area contributed by atoms with Gasteiger partial charge in [0, 0.05) is 43.0 Å². The summed E-state index contributed by atoms with van der Waals surface area (Å²) in [6.45, 7) is 2.85. The first-order chi connectivity index (χ1) is 17.8. The van der Waals surface area contributed by atoms with Crippen LogP contribution in [-0.4, -0.2) is 59.1 Å². The Balaban J connectivity index is 1.32. The number of hydrogen-bond acceptors (Lipinski definition) is 9. The minimum atomic E-state index is -0.867. The number of anilines is 2. The van der Waals surface area contributed by atoms with Crippen LogP contribution < -0.4 is 10.2 Å². The maximum Gasteiger partial charge on any atom is 0.317 e. The first kappa shape index (κ1) is 22.1. The number of fused-ring (bicyclic) bond motifs is 1. The maximum absolute atomic E-state index is 13.2. The van der Waals surface area contributed by atoms with Gasteiger partial charge in [-0.25, -0.2) is 0 Å². The van der Waals surface area contributed by atoms with Gasteiger partial charge in [0.05, 0.1) is 30.2 Å². The van der Waals surface area contributed by atoms with Crippen molar-refractivity contribution >= 4 is 23.2 Å². The quantitative estimate of drug-likeness (QED) is 0.464. The largest absolute Gasteiger partial charge is 0.403 e. The fourth-order valence-corrected chi connectivity index (χ4v) is 4.54. The van der Waals surface area contributed by atoms with Gasteiger partial charge in [0.2, 0.25) is 0 Å². The number of nitrogens with zero attached hydrogens (tertiary/aromatic N) is 5. The lowest BCUT2D eigenvalue weighted by molar-refractivity contribution is -0.119. The van der Waals surface area contributed by atoms with Gasteiger partial charge >= 0.3 is 6.01 Å². The second-order valence-electron chi connectivity index (χ2n) is 8.60. The summed E-state index contributed by atoms with van der Waals surface area (Å²) < 4.78 is 11.4. The van der Waals surface area contributed by atoms with E-state index in [1.54, 1.807) is 12.4 Å². The molecule has 2 aliphatic rings. The smallest absolute Gasteiger partial charge is 0.317 e. The van der Waals surface area contributed by atoms with E-state index in [0.29, 0.717) is 19.1 Å². The molecule has 0 amide bonds. The van der Waals surface area contributed by atoms with Crippen molar-refractivity contribution in [3.8, 4) is 11.5 Å². The molecule has 0 saturated carbocycles. The van der Waals surface area contributed by atoms with Crippen LogP contribution in [0.4, 0.5) is 11.7 Å². The van der Waals surface area contributed by atoms with Crippen LogP contribution >= 0.6 is 0 Å². The van der Waals surface area contributed by atoms with E-state index in [-0.39, 0.29) is 18.2 Å². The van der Waals surface area contributed by atoms with Gasteiger partial charge in [-0.2, -0.15) is 0 Å². The number of hydrogen-bond donors (Lipinski definition) is 1. The molecule has 9 nitrogen and oxygen atoms in total. The van der Waals surface area contributed by atoms with Gasteiger partial charge < -0.3 is 19.4 Å². The number of ether oxygens (including phenoxy) is 1. The van der Waals surface area contributed by atoms with E-state index in [9.17, 15) is 4.79 Å². The van der Waals surface area contributed by atoms with Crippen LogP contribution in [0.25, 0.3) is 11.5 Å². The minimum Gasteiger partial charge on any atom is -0.403 e. The highest BCUT2D eigenvalue weighted by Crippen LogP contribution is 2.31. The highest BCUT2D eigenvalue weighted by molar-refractivity contribution is 6.16. The van der Waals surface area contributed by atoms with Gasteiger partial charge in [-0.05, 0) is 11.6 Å². The van der Waals surface area contributed by atoms with Gasteiger partial charge in [-0.3, -0.25) is 14.8 Å². The second-order valence-corrected chi connectivity index (χ2v) is 8.60. The van der Waals surface area contributed by atoms with Crippen molar-refractivity contribution < 1.29 is 13.9 Å². The number of aliphatic imine (C=N–C) groups is 1. The van der Waals surface area contributed by atoms with Crippen molar-refractivity contribution in [1.29, 1.82) is 0 Å². The number of carbonyl (C=O) groups is 1. The van der Waals surface area contributed by atoms with Crippen LogP contribution in [0.5, 0.6) is 0 Å². The molecular weight excluding hydrogens is 456 g/mol. The van der Waals surface area contributed by atoms with E-state index in [4.69, 9.17) is 14.1 Å². The third kappa shape index (κ3) is 4.36. The summed E-state index contributed by atoms with van der Waals surface area (Å²) in [5.74, 6) is 0.243. The lowest BCUT2D eigenvalue weighted by Gasteiger charge is -2.29. The molecule has 2 aliphatic heterocycles. The molecule has 6 rings (SSSR count). The number of Topliss-reactive ketones (excluding diaryl/α,β-unsaturated/α-hetero) is 1. The summed E-state index contributed by atoms with van der Waals surface area (Å²) in [4.78, 5) is 24.5. The number of pyridine rings is 1. The zero-order valence-corrected chi connectivity index (χ0v) is 19.5. The normalized spacial score (nSPS) is 17.8.